The normalized spacial score (nSPS) is 11.2. The standard InChI is InChI=1S/C28H25F3N4O3/c1-38-24-12-7-19(8-13-24)9-14-26(36)33-22-10-5-20(6-11-22)16-35-17-25(32-18-35)27(37)34-23-4-2-3-21(15-23)28(29,30)31/h2-8,10-13,15,17-18H,9,14,16H2,1H3,(H,33,36)(H,34,37). The van der Waals surface area contributed by atoms with E-state index in [4.69, 9.17) is 4.74 Å². The Kier molecular flexibility index (Phi) is 8.10. The molecule has 7 nitrogen and oxygen atoms in total. The van der Waals surface area contributed by atoms with Gasteiger partial charge in [-0.05, 0) is 60.0 Å². The average Bonchev–Trinajstić information content (AvgIpc) is 3.37. The Morgan fingerprint density at radius 1 is 0.921 bits per heavy atom. The number of aryl methyl sites for hydroxylation is 1. The topological polar surface area (TPSA) is 85.2 Å². The number of imidazole rings is 1. The number of nitrogens with one attached hydrogen (secondary N) is 2. The number of halogens is 3. The van der Waals surface area contributed by atoms with Crippen LogP contribution in [0.25, 0.3) is 0 Å². The molecule has 0 unspecified atom stereocenters. The molecular formula is C28H25F3N4O3. The number of anilines is 2. The summed E-state index contributed by atoms with van der Waals surface area (Å²) < 4.78 is 45.5. The molecule has 0 saturated carbocycles. The molecule has 0 atom stereocenters. The predicted octanol–water partition coefficient (Wildman–Crippen LogP) is 5.78. The van der Waals surface area contributed by atoms with Crippen LogP contribution in [0.5, 0.6) is 5.75 Å². The Hall–Kier alpha value is -4.60. The van der Waals surface area contributed by atoms with Crippen LogP contribution in [0.2, 0.25) is 0 Å². The molecule has 1 aromatic heterocycles. The highest BCUT2D eigenvalue weighted by atomic mass is 19.4. The lowest BCUT2D eigenvalue weighted by Crippen LogP contribution is -2.13. The first-order valence-electron chi connectivity index (χ1n) is 11.7. The molecule has 0 saturated heterocycles. The second-order valence-electron chi connectivity index (χ2n) is 8.56. The SMILES string of the molecule is COc1ccc(CCC(=O)Nc2ccc(Cn3cnc(C(=O)Nc4cccc(C(F)(F)F)c4)c3)cc2)cc1. The summed E-state index contributed by atoms with van der Waals surface area (Å²) in [7, 11) is 1.60. The van der Waals surface area contributed by atoms with Crippen LogP contribution in [0.4, 0.5) is 24.5 Å². The molecule has 38 heavy (non-hydrogen) atoms. The van der Waals surface area contributed by atoms with Gasteiger partial charge in [-0.2, -0.15) is 13.2 Å². The minimum absolute atomic E-state index is 0.0287. The molecule has 10 heteroatoms. The number of amides is 2. The smallest absolute Gasteiger partial charge is 0.416 e. The summed E-state index contributed by atoms with van der Waals surface area (Å²) in [6.07, 6.45) is -0.571. The van der Waals surface area contributed by atoms with Gasteiger partial charge in [-0.3, -0.25) is 9.59 Å². The minimum Gasteiger partial charge on any atom is -0.497 e. The van der Waals surface area contributed by atoms with Crippen molar-refractivity contribution in [2.45, 2.75) is 25.6 Å². The van der Waals surface area contributed by atoms with Crippen LogP contribution in [0.3, 0.4) is 0 Å². The van der Waals surface area contributed by atoms with E-state index in [-0.39, 0.29) is 17.3 Å². The Labute approximate surface area is 217 Å². The molecule has 2 amide bonds. The third-order valence-electron chi connectivity index (χ3n) is 5.72. The molecule has 196 valence electrons. The van der Waals surface area contributed by atoms with Crippen LogP contribution < -0.4 is 15.4 Å². The third-order valence-corrected chi connectivity index (χ3v) is 5.72. The fraction of sp³-hybridized carbons (Fsp3) is 0.179. The summed E-state index contributed by atoms with van der Waals surface area (Å²) in [5.74, 6) is 0.0546. The average molecular weight is 523 g/mol. The van der Waals surface area contributed by atoms with Gasteiger partial charge < -0.3 is 19.9 Å². The highest BCUT2D eigenvalue weighted by Crippen LogP contribution is 2.30. The maximum Gasteiger partial charge on any atom is 0.416 e. The van der Waals surface area contributed by atoms with Crippen LogP contribution in [0.15, 0.2) is 85.3 Å². The van der Waals surface area contributed by atoms with Crippen molar-refractivity contribution in [1.29, 1.82) is 0 Å². The quantitative estimate of drug-likeness (QED) is 0.292. The van der Waals surface area contributed by atoms with Gasteiger partial charge in [0.25, 0.3) is 5.91 Å². The third kappa shape index (κ3) is 7.22. The molecular weight excluding hydrogens is 497 g/mol. The minimum atomic E-state index is -4.50. The Morgan fingerprint density at radius 3 is 2.32 bits per heavy atom. The number of benzene rings is 3. The largest absolute Gasteiger partial charge is 0.497 e. The van der Waals surface area contributed by atoms with Gasteiger partial charge >= 0.3 is 6.18 Å². The number of hydrogen-bond acceptors (Lipinski definition) is 4. The second-order valence-corrected chi connectivity index (χ2v) is 8.56. The first-order chi connectivity index (χ1) is 18.2. The van der Waals surface area contributed by atoms with Crippen molar-refractivity contribution in [3.8, 4) is 5.75 Å². The van der Waals surface area contributed by atoms with E-state index in [1.54, 1.807) is 23.8 Å². The number of ether oxygens (including phenoxy) is 1. The predicted molar refractivity (Wildman–Crippen MR) is 137 cm³/mol. The Balaban J connectivity index is 1.28. The molecule has 1 heterocycles. The van der Waals surface area contributed by atoms with Gasteiger partial charge in [-0.1, -0.05) is 30.3 Å². The van der Waals surface area contributed by atoms with Crippen LogP contribution in [0.1, 0.15) is 33.6 Å². The summed E-state index contributed by atoms with van der Waals surface area (Å²) in [6, 6.07) is 19.3. The van der Waals surface area contributed by atoms with E-state index in [0.717, 1.165) is 29.0 Å². The van der Waals surface area contributed by atoms with Crippen LogP contribution >= 0.6 is 0 Å². The zero-order valence-corrected chi connectivity index (χ0v) is 20.5. The molecule has 0 aliphatic carbocycles. The van der Waals surface area contributed by atoms with E-state index in [1.165, 1.54) is 24.7 Å². The maximum absolute atomic E-state index is 12.9. The Bertz CT molecular complexity index is 1400. The fourth-order valence-electron chi connectivity index (χ4n) is 3.71. The van der Waals surface area contributed by atoms with E-state index in [2.05, 4.69) is 15.6 Å². The number of aromatic nitrogens is 2. The number of nitrogens with zero attached hydrogens (tertiary/aromatic N) is 2. The van der Waals surface area contributed by atoms with Gasteiger partial charge in [0, 0.05) is 30.5 Å². The first kappa shape index (κ1) is 26.5. The number of hydrogen-bond donors (Lipinski definition) is 2. The lowest BCUT2D eigenvalue weighted by atomic mass is 10.1. The van der Waals surface area contributed by atoms with Crippen molar-refractivity contribution in [2.75, 3.05) is 17.7 Å². The van der Waals surface area contributed by atoms with Gasteiger partial charge in [-0.25, -0.2) is 4.98 Å². The number of carbonyl (C=O) groups excluding carboxylic acids is 2. The summed E-state index contributed by atoms with van der Waals surface area (Å²) in [6.45, 7) is 0.412. The fourth-order valence-corrected chi connectivity index (χ4v) is 3.71. The summed E-state index contributed by atoms with van der Waals surface area (Å²) in [5.41, 5.74) is 1.87. The molecule has 0 aliphatic heterocycles. The van der Waals surface area contributed by atoms with E-state index in [9.17, 15) is 22.8 Å². The highest BCUT2D eigenvalue weighted by molar-refractivity contribution is 6.02. The second kappa shape index (κ2) is 11.6. The van der Waals surface area contributed by atoms with Gasteiger partial charge in [0.15, 0.2) is 0 Å². The molecule has 2 N–H and O–H groups in total. The van der Waals surface area contributed by atoms with Crippen molar-refractivity contribution in [1.82, 2.24) is 9.55 Å². The summed E-state index contributed by atoms with van der Waals surface area (Å²) in [4.78, 5) is 28.8. The highest BCUT2D eigenvalue weighted by Gasteiger charge is 2.30. The Morgan fingerprint density at radius 2 is 1.63 bits per heavy atom. The van der Waals surface area contributed by atoms with Crippen molar-refractivity contribution >= 4 is 23.2 Å². The van der Waals surface area contributed by atoms with E-state index in [1.807, 2.05) is 36.4 Å². The van der Waals surface area contributed by atoms with Crippen molar-refractivity contribution in [2.24, 2.45) is 0 Å². The molecule has 0 radical (unpaired) electrons. The molecule has 4 aromatic rings. The summed E-state index contributed by atoms with van der Waals surface area (Å²) in [5, 5.41) is 5.31. The molecule has 0 bridgehead atoms. The van der Waals surface area contributed by atoms with Crippen LogP contribution in [-0.4, -0.2) is 28.5 Å². The molecule has 0 spiro atoms. The van der Waals surface area contributed by atoms with E-state index >= 15 is 0 Å². The lowest BCUT2D eigenvalue weighted by Gasteiger charge is -2.09. The number of rotatable bonds is 9. The van der Waals surface area contributed by atoms with Gasteiger partial charge in [0.2, 0.25) is 5.91 Å². The van der Waals surface area contributed by atoms with Crippen LogP contribution in [0, 0.1) is 0 Å². The maximum atomic E-state index is 12.9. The number of carbonyl (C=O) groups is 2. The molecule has 4 rings (SSSR count). The van der Waals surface area contributed by atoms with Crippen molar-refractivity contribution < 1.29 is 27.5 Å². The van der Waals surface area contributed by atoms with Gasteiger partial charge in [0.1, 0.15) is 11.4 Å². The zero-order valence-electron chi connectivity index (χ0n) is 20.5. The molecule has 3 aromatic carbocycles. The molecule has 0 fully saturated rings. The molecule has 0 aliphatic rings. The van der Waals surface area contributed by atoms with Crippen molar-refractivity contribution in [3.63, 3.8) is 0 Å². The van der Waals surface area contributed by atoms with E-state index in [0.29, 0.717) is 25.1 Å². The first-order valence-corrected chi connectivity index (χ1v) is 11.7. The van der Waals surface area contributed by atoms with Crippen molar-refractivity contribution in [3.05, 3.63) is 108 Å². The lowest BCUT2D eigenvalue weighted by molar-refractivity contribution is -0.137. The summed E-state index contributed by atoms with van der Waals surface area (Å²) >= 11 is 0. The van der Waals surface area contributed by atoms with E-state index < -0.39 is 17.6 Å². The van der Waals surface area contributed by atoms with Crippen LogP contribution in [-0.2, 0) is 23.9 Å². The van der Waals surface area contributed by atoms with Gasteiger partial charge in [0.05, 0.1) is 19.0 Å². The number of methoxy groups -OCH3 is 1. The number of alkyl halides is 3. The van der Waals surface area contributed by atoms with Gasteiger partial charge in [-0.15, -0.1) is 0 Å². The zero-order chi connectivity index (χ0) is 27.1. The monoisotopic (exact) mass is 522 g/mol.